The monoisotopic (exact) mass is 359 g/mol. The Morgan fingerprint density at radius 2 is 1.77 bits per heavy atom. The zero-order valence-corrected chi connectivity index (χ0v) is 15.5. The molecule has 140 valence electrons. The van der Waals surface area contributed by atoms with Crippen LogP contribution >= 0.6 is 0 Å². The quantitative estimate of drug-likeness (QED) is 0.607. The van der Waals surface area contributed by atoms with E-state index in [0.29, 0.717) is 25.9 Å². The van der Waals surface area contributed by atoms with Gasteiger partial charge in [0.15, 0.2) is 0 Å². The van der Waals surface area contributed by atoms with Crippen molar-refractivity contribution in [1.29, 1.82) is 0 Å². The van der Waals surface area contributed by atoms with Crippen molar-refractivity contribution in [2.24, 2.45) is 5.92 Å². The first-order chi connectivity index (χ1) is 12.4. The molecular weight excluding hydrogens is 334 g/mol. The molecule has 3 rings (SSSR count). The molecule has 0 saturated carbocycles. The molecule has 3 amide bonds. The Morgan fingerprint density at radius 3 is 2.35 bits per heavy atom. The molecule has 0 N–H and O–H groups in total. The largest absolute Gasteiger partial charge is 0.469 e. The van der Waals surface area contributed by atoms with Gasteiger partial charge in [-0.2, -0.15) is 0 Å². The molecule has 0 spiro atoms. The zero-order chi connectivity index (χ0) is 18.8. The molecule has 7 nitrogen and oxygen atoms in total. The highest BCUT2D eigenvalue weighted by Crippen LogP contribution is 2.27. The van der Waals surface area contributed by atoms with Gasteiger partial charge in [-0.1, -0.05) is 17.7 Å². The molecule has 2 heterocycles. The number of carbonyl (C=O) groups excluding carboxylic acids is 3. The van der Waals surface area contributed by atoms with E-state index in [0.717, 1.165) is 11.3 Å². The maximum atomic E-state index is 12.8. The lowest BCUT2D eigenvalue weighted by Crippen LogP contribution is -2.46. The maximum Gasteiger partial charge on any atom is 0.333 e. The Morgan fingerprint density at radius 1 is 1.15 bits per heavy atom. The Balaban J connectivity index is 1.66. The minimum Gasteiger partial charge on any atom is -0.469 e. The number of urea groups is 1. The number of esters is 1. The molecule has 26 heavy (non-hydrogen) atoms. The summed E-state index contributed by atoms with van der Waals surface area (Å²) < 4.78 is 4.80. The van der Waals surface area contributed by atoms with Gasteiger partial charge in [0.05, 0.1) is 19.7 Å². The van der Waals surface area contributed by atoms with E-state index in [1.54, 1.807) is 11.8 Å². The summed E-state index contributed by atoms with van der Waals surface area (Å²) in [5.74, 6) is -0.466. The van der Waals surface area contributed by atoms with Crippen LogP contribution in [0, 0.1) is 12.8 Å². The van der Waals surface area contributed by atoms with E-state index >= 15 is 0 Å². The van der Waals surface area contributed by atoms with E-state index in [4.69, 9.17) is 4.74 Å². The van der Waals surface area contributed by atoms with Crippen molar-refractivity contribution < 1.29 is 19.1 Å². The van der Waals surface area contributed by atoms with Crippen molar-refractivity contribution in [3.63, 3.8) is 0 Å². The van der Waals surface area contributed by atoms with Gasteiger partial charge in [-0.05, 0) is 38.8 Å². The summed E-state index contributed by atoms with van der Waals surface area (Å²) in [4.78, 5) is 42.0. The van der Waals surface area contributed by atoms with Gasteiger partial charge in [0.2, 0.25) is 0 Å². The normalized spacial score (nSPS) is 22.2. The highest BCUT2D eigenvalue weighted by Gasteiger charge is 2.44. The number of likely N-dealkylation sites (tertiary alicyclic amines) is 1. The molecule has 0 radical (unpaired) electrons. The molecule has 0 unspecified atom stereocenters. The van der Waals surface area contributed by atoms with Gasteiger partial charge >= 0.3 is 12.0 Å². The van der Waals surface area contributed by atoms with Crippen molar-refractivity contribution >= 4 is 23.6 Å². The van der Waals surface area contributed by atoms with Gasteiger partial charge in [0, 0.05) is 18.8 Å². The second kappa shape index (κ2) is 7.45. The summed E-state index contributed by atoms with van der Waals surface area (Å²) >= 11 is 0. The van der Waals surface area contributed by atoms with Crippen molar-refractivity contribution in [3.05, 3.63) is 29.8 Å². The van der Waals surface area contributed by atoms with E-state index in [2.05, 4.69) is 0 Å². The Hall–Kier alpha value is -2.41. The van der Waals surface area contributed by atoms with Gasteiger partial charge in [0.1, 0.15) is 6.04 Å². The molecule has 2 saturated heterocycles. The summed E-state index contributed by atoms with van der Waals surface area (Å²) in [5, 5.41) is 0. The molecule has 0 aliphatic carbocycles. The summed E-state index contributed by atoms with van der Waals surface area (Å²) in [6.07, 6.45) is 1.36. The number of hydrogen-bond donors (Lipinski definition) is 0. The first-order valence-electron chi connectivity index (χ1n) is 8.93. The molecule has 1 aromatic rings. The van der Waals surface area contributed by atoms with Crippen molar-refractivity contribution in [3.8, 4) is 0 Å². The predicted octanol–water partition coefficient (Wildman–Crippen LogP) is 1.99. The third-order valence-electron chi connectivity index (χ3n) is 5.22. The number of nitrogens with zero attached hydrogens (tertiary/aromatic N) is 3. The van der Waals surface area contributed by atoms with Crippen LogP contribution in [0.4, 0.5) is 10.5 Å². The Bertz CT molecular complexity index is 695. The van der Waals surface area contributed by atoms with Crippen LogP contribution in [0.15, 0.2) is 24.3 Å². The molecule has 1 aromatic carbocycles. The van der Waals surface area contributed by atoms with Crippen LogP contribution in [0.3, 0.4) is 0 Å². The lowest BCUT2D eigenvalue weighted by atomic mass is 9.97. The van der Waals surface area contributed by atoms with Crippen LogP contribution in [0.25, 0.3) is 0 Å². The molecule has 1 atom stereocenters. The van der Waals surface area contributed by atoms with Gasteiger partial charge in [-0.3, -0.25) is 19.4 Å². The summed E-state index contributed by atoms with van der Waals surface area (Å²) in [6.45, 7) is 5.32. The number of amides is 3. The average Bonchev–Trinajstić information content (AvgIpc) is 2.86. The number of aryl methyl sites for hydroxylation is 1. The summed E-state index contributed by atoms with van der Waals surface area (Å²) in [7, 11) is 1.40. The number of benzene rings is 1. The SMILES string of the molecule is COC(=O)C1CCN(CN2C(=O)[C@@H](C)N(c3ccc(C)cc3)C2=O)CC1. The second-order valence-corrected chi connectivity index (χ2v) is 6.99. The summed E-state index contributed by atoms with van der Waals surface area (Å²) in [5.41, 5.74) is 1.83. The Labute approximate surface area is 153 Å². The fourth-order valence-electron chi connectivity index (χ4n) is 3.57. The predicted molar refractivity (Wildman–Crippen MR) is 96.5 cm³/mol. The van der Waals surface area contributed by atoms with Gasteiger partial charge in [-0.25, -0.2) is 9.69 Å². The van der Waals surface area contributed by atoms with E-state index in [1.807, 2.05) is 36.1 Å². The van der Waals surface area contributed by atoms with Gasteiger partial charge < -0.3 is 4.74 Å². The van der Waals surface area contributed by atoms with Gasteiger partial charge in [-0.15, -0.1) is 0 Å². The lowest BCUT2D eigenvalue weighted by molar-refractivity contribution is -0.147. The minimum absolute atomic E-state index is 0.0933. The van der Waals surface area contributed by atoms with E-state index < -0.39 is 6.04 Å². The topological polar surface area (TPSA) is 70.2 Å². The first-order valence-corrected chi connectivity index (χ1v) is 8.93. The number of piperidine rings is 1. The fourth-order valence-corrected chi connectivity index (χ4v) is 3.57. The number of carbonyl (C=O) groups is 3. The summed E-state index contributed by atoms with van der Waals surface area (Å²) in [6, 6.07) is 6.78. The lowest BCUT2D eigenvalue weighted by Gasteiger charge is -2.32. The molecule has 2 aliphatic heterocycles. The zero-order valence-electron chi connectivity index (χ0n) is 15.5. The van der Waals surface area contributed by atoms with Crippen LogP contribution in [-0.4, -0.2) is 60.6 Å². The van der Waals surface area contributed by atoms with E-state index in [-0.39, 0.29) is 30.5 Å². The van der Waals surface area contributed by atoms with Crippen LogP contribution in [0.2, 0.25) is 0 Å². The molecule has 2 fully saturated rings. The maximum absolute atomic E-state index is 12.8. The smallest absolute Gasteiger partial charge is 0.333 e. The van der Waals surface area contributed by atoms with Crippen LogP contribution in [0.1, 0.15) is 25.3 Å². The van der Waals surface area contributed by atoms with E-state index in [9.17, 15) is 14.4 Å². The highest BCUT2D eigenvalue weighted by atomic mass is 16.5. The molecular formula is C19H25N3O4. The van der Waals surface area contributed by atoms with Crippen LogP contribution in [-0.2, 0) is 14.3 Å². The number of hydrogen-bond acceptors (Lipinski definition) is 5. The van der Waals surface area contributed by atoms with Crippen molar-refractivity contribution in [2.45, 2.75) is 32.7 Å². The van der Waals surface area contributed by atoms with Crippen LogP contribution in [0.5, 0.6) is 0 Å². The van der Waals surface area contributed by atoms with Crippen LogP contribution < -0.4 is 4.90 Å². The number of rotatable bonds is 4. The fraction of sp³-hybridized carbons (Fsp3) is 0.526. The second-order valence-electron chi connectivity index (χ2n) is 6.99. The van der Waals surface area contributed by atoms with E-state index in [1.165, 1.54) is 12.0 Å². The molecule has 2 aliphatic rings. The van der Waals surface area contributed by atoms with Crippen molar-refractivity contribution in [2.75, 3.05) is 31.8 Å². The standard InChI is InChI=1S/C19H25N3O4/c1-13-4-6-16(7-5-13)22-14(2)17(23)21(19(22)25)12-20-10-8-15(9-11-20)18(24)26-3/h4-7,14-15H,8-12H2,1-3H3/t14-/m1/s1. The third-order valence-corrected chi connectivity index (χ3v) is 5.22. The molecule has 7 heteroatoms. The Kier molecular flexibility index (Phi) is 5.27. The molecule has 0 bridgehead atoms. The highest BCUT2D eigenvalue weighted by molar-refractivity contribution is 6.14. The number of imide groups is 1. The number of methoxy groups -OCH3 is 1. The average molecular weight is 359 g/mol. The number of ether oxygens (including phenoxy) is 1. The van der Waals surface area contributed by atoms with Gasteiger partial charge in [0.25, 0.3) is 5.91 Å². The minimum atomic E-state index is -0.516. The third kappa shape index (κ3) is 3.44. The first kappa shape index (κ1) is 18.4. The number of anilines is 1. The van der Waals surface area contributed by atoms with Crippen molar-refractivity contribution in [1.82, 2.24) is 9.80 Å². The molecule has 0 aromatic heterocycles.